The number of hydrogen-bond donors (Lipinski definition) is 1. The molecule has 1 aromatic carbocycles. The van der Waals surface area contributed by atoms with Crippen LogP contribution in [0.25, 0.3) is 0 Å². The van der Waals surface area contributed by atoms with E-state index in [4.69, 9.17) is 5.73 Å². The van der Waals surface area contributed by atoms with E-state index in [0.29, 0.717) is 11.7 Å². The first-order chi connectivity index (χ1) is 8.74. The van der Waals surface area contributed by atoms with Crippen LogP contribution in [0.15, 0.2) is 24.3 Å². The molecule has 2 nitrogen and oxygen atoms in total. The zero-order valence-corrected chi connectivity index (χ0v) is 11.2. The van der Waals surface area contributed by atoms with E-state index < -0.39 is 0 Å². The summed E-state index contributed by atoms with van der Waals surface area (Å²) in [7, 11) is 0. The van der Waals surface area contributed by atoms with Gasteiger partial charge in [-0.2, -0.15) is 0 Å². The van der Waals surface area contributed by atoms with E-state index in [1.807, 2.05) is 12.1 Å². The van der Waals surface area contributed by atoms with E-state index >= 15 is 0 Å². The highest BCUT2D eigenvalue weighted by molar-refractivity contribution is 5.98. The van der Waals surface area contributed by atoms with Gasteiger partial charge in [-0.25, -0.2) is 0 Å². The lowest BCUT2D eigenvalue weighted by Crippen LogP contribution is -2.25. The van der Waals surface area contributed by atoms with Crippen LogP contribution in [0.1, 0.15) is 48.5 Å². The summed E-state index contributed by atoms with van der Waals surface area (Å²) in [5.74, 6) is 1.19. The van der Waals surface area contributed by atoms with Crippen molar-refractivity contribution in [2.24, 2.45) is 17.6 Å². The topological polar surface area (TPSA) is 43.1 Å². The molecule has 2 rings (SSSR count). The van der Waals surface area contributed by atoms with E-state index in [9.17, 15) is 4.79 Å². The minimum Gasteiger partial charge on any atom is -0.330 e. The molecule has 1 saturated carbocycles. The van der Waals surface area contributed by atoms with Crippen molar-refractivity contribution >= 4 is 5.78 Å². The third kappa shape index (κ3) is 2.99. The van der Waals surface area contributed by atoms with Gasteiger partial charge in [0.1, 0.15) is 0 Å². The minimum atomic E-state index is 0.222. The van der Waals surface area contributed by atoms with Gasteiger partial charge in [0.15, 0.2) is 5.78 Å². The summed E-state index contributed by atoms with van der Waals surface area (Å²) in [4.78, 5) is 12.4. The van der Waals surface area contributed by atoms with Crippen molar-refractivity contribution in [3.63, 3.8) is 0 Å². The molecule has 18 heavy (non-hydrogen) atoms. The van der Waals surface area contributed by atoms with Gasteiger partial charge in [-0.15, -0.1) is 0 Å². The lowest BCUT2D eigenvalue weighted by molar-refractivity contribution is 0.0873. The highest BCUT2D eigenvalue weighted by Crippen LogP contribution is 2.30. The van der Waals surface area contributed by atoms with Gasteiger partial charge in [-0.05, 0) is 56.2 Å². The van der Waals surface area contributed by atoms with Crippen LogP contribution in [-0.2, 0) is 6.42 Å². The number of nitrogens with two attached hydrogens (primary N) is 1. The molecule has 2 N–H and O–H groups in total. The minimum absolute atomic E-state index is 0.222. The fourth-order valence-corrected chi connectivity index (χ4v) is 2.84. The number of carbonyl (C=O) groups is 1. The Morgan fingerprint density at radius 3 is 2.61 bits per heavy atom. The second kappa shape index (κ2) is 6.14. The van der Waals surface area contributed by atoms with Gasteiger partial charge >= 0.3 is 0 Å². The molecule has 0 heterocycles. The van der Waals surface area contributed by atoms with Crippen molar-refractivity contribution in [3.05, 3.63) is 35.4 Å². The second-order valence-electron chi connectivity index (χ2n) is 5.37. The molecule has 0 amide bonds. The van der Waals surface area contributed by atoms with Gasteiger partial charge in [0.05, 0.1) is 0 Å². The molecule has 0 unspecified atom stereocenters. The molecule has 1 aromatic rings. The van der Waals surface area contributed by atoms with E-state index in [1.165, 1.54) is 5.56 Å². The predicted octanol–water partition coefficient (Wildman–Crippen LogP) is 3.20. The Kier molecular flexibility index (Phi) is 4.54. The predicted molar refractivity (Wildman–Crippen MR) is 74.7 cm³/mol. The van der Waals surface area contributed by atoms with Crippen LogP contribution in [0.5, 0.6) is 0 Å². The third-order valence-corrected chi connectivity index (χ3v) is 4.17. The number of rotatable bonds is 4. The average Bonchev–Trinajstić information content (AvgIpc) is 2.46. The fourth-order valence-electron chi connectivity index (χ4n) is 2.84. The third-order valence-electron chi connectivity index (χ3n) is 4.17. The molecule has 0 bridgehead atoms. The molecule has 0 spiro atoms. The lowest BCUT2D eigenvalue weighted by atomic mass is 9.78. The standard InChI is InChI=1S/C16H23NO/c1-2-12-4-3-5-15(10-12)16(18)14-8-6-13(11-17)7-9-14/h3-5,10,13-14H,2,6-9,11,17H2,1H3. The normalized spacial score (nSPS) is 23.9. The molecular formula is C16H23NO. The molecule has 0 atom stereocenters. The van der Waals surface area contributed by atoms with Crippen LogP contribution in [0, 0.1) is 11.8 Å². The maximum Gasteiger partial charge on any atom is 0.165 e. The van der Waals surface area contributed by atoms with Crippen LogP contribution in [0.3, 0.4) is 0 Å². The number of Topliss-reactive ketones (excluding diaryl/α,β-unsaturated/α-hetero) is 1. The first-order valence-corrected chi connectivity index (χ1v) is 7.07. The van der Waals surface area contributed by atoms with Crippen LogP contribution >= 0.6 is 0 Å². The number of benzene rings is 1. The molecule has 0 aliphatic heterocycles. The van der Waals surface area contributed by atoms with Gasteiger partial charge in [0, 0.05) is 11.5 Å². The molecule has 1 fully saturated rings. The Bertz CT molecular complexity index is 405. The summed E-state index contributed by atoms with van der Waals surface area (Å²) in [5.41, 5.74) is 7.83. The Balaban J connectivity index is 2.03. The molecule has 0 aromatic heterocycles. The molecule has 0 radical (unpaired) electrons. The quantitative estimate of drug-likeness (QED) is 0.828. The summed E-state index contributed by atoms with van der Waals surface area (Å²) in [6.45, 7) is 2.89. The van der Waals surface area contributed by atoms with E-state index in [2.05, 4.69) is 19.1 Å². The SMILES string of the molecule is CCc1cccc(C(=O)C2CCC(CN)CC2)c1. The van der Waals surface area contributed by atoms with Crippen molar-refractivity contribution in [1.82, 2.24) is 0 Å². The fraction of sp³-hybridized carbons (Fsp3) is 0.562. The Labute approximate surface area is 110 Å². The van der Waals surface area contributed by atoms with E-state index in [0.717, 1.165) is 44.2 Å². The summed E-state index contributed by atoms with van der Waals surface area (Å²) in [5, 5.41) is 0. The van der Waals surface area contributed by atoms with Crippen molar-refractivity contribution in [3.8, 4) is 0 Å². The zero-order valence-electron chi connectivity index (χ0n) is 11.2. The maximum absolute atomic E-state index is 12.4. The number of carbonyl (C=O) groups excluding carboxylic acids is 1. The van der Waals surface area contributed by atoms with Crippen LogP contribution in [-0.4, -0.2) is 12.3 Å². The van der Waals surface area contributed by atoms with E-state index in [1.54, 1.807) is 0 Å². The Morgan fingerprint density at radius 2 is 2.00 bits per heavy atom. The van der Waals surface area contributed by atoms with Crippen LogP contribution < -0.4 is 5.73 Å². The highest BCUT2D eigenvalue weighted by Gasteiger charge is 2.26. The maximum atomic E-state index is 12.4. The van der Waals surface area contributed by atoms with Crippen LogP contribution in [0.2, 0.25) is 0 Å². The molecule has 98 valence electrons. The van der Waals surface area contributed by atoms with Gasteiger partial charge in [-0.1, -0.05) is 25.1 Å². The van der Waals surface area contributed by atoms with Gasteiger partial charge in [0.25, 0.3) is 0 Å². The first-order valence-electron chi connectivity index (χ1n) is 7.07. The Morgan fingerprint density at radius 1 is 1.28 bits per heavy atom. The van der Waals surface area contributed by atoms with Crippen molar-refractivity contribution in [2.45, 2.75) is 39.0 Å². The van der Waals surface area contributed by atoms with E-state index in [-0.39, 0.29) is 5.92 Å². The summed E-state index contributed by atoms with van der Waals surface area (Å²) in [6, 6.07) is 8.09. The zero-order chi connectivity index (χ0) is 13.0. The number of aryl methyl sites for hydroxylation is 1. The summed E-state index contributed by atoms with van der Waals surface area (Å²) in [6.07, 6.45) is 5.23. The molecule has 2 heteroatoms. The first kappa shape index (κ1) is 13.3. The Hall–Kier alpha value is -1.15. The highest BCUT2D eigenvalue weighted by atomic mass is 16.1. The molecule has 1 aliphatic rings. The molecular weight excluding hydrogens is 222 g/mol. The van der Waals surface area contributed by atoms with Crippen LogP contribution in [0.4, 0.5) is 0 Å². The smallest absolute Gasteiger partial charge is 0.165 e. The second-order valence-corrected chi connectivity index (χ2v) is 5.37. The van der Waals surface area contributed by atoms with Gasteiger partial charge in [0.2, 0.25) is 0 Å². The molecule has 0 saturated heterocycles. The largest absolute Gasteiger partial charge is 0.330 e. The van der Waals surface area contributed by atoms with Crippen molar-refractivity contribution < 1.29 is 4.79 Å². The number of hydrogen-bond acceptors (Lipinski definition) is 2. The lowest BCUT2D eigenvalue weighted by Gasteiger charge is -2.26. The monoisotopic (exact) mass is 245 g/mol. The van der Waals surface area contributed by atoms with Crippen molar-refractivity contribution in [2.75, 3.05) is 6.54 Å². The van der Waals surface area contributed by atoms with Gasteiger partial charge < -0.3 is 5.73 Å². The van der Waals surface area contributed by atoms with Crippen molar-refractivity contribution in [1.29, 1.82) is 0 Å². The summed E-state index contributed by atoms with van der Waals surface area (Å²) >= 11 is 0. The number of ketones is 1. The summed E-state index contributed by atoms with van der Waals surface area (Å²) < 4.78 is 0. The van der Waals surface area contributed by atoms with Gasteiger partial charge in [-0.3, -0.25) is 4.79 Å². The molecule has 1 aliphatic carbocycles. The average molecular weight is 245 g/mol.